The van der Waals surface area contributed by atoms with Gasteiger partial charge in [0.05, 0.1) is 11.2 Å². The van der Waals surface area contributed by atoms with Crippen molar-refractivity contribution in [2.24, 2.45) is 0 Å². The number of piperidine rings is 1. The van der Waals surface area contributed by atoms with Crippen LogP contribution < -0.4 is 10.4 Å². The van der Waals surface area contributed by atoms with Crippen molar-refractivity contribution in [3.05, 3.63) is 101 Å². The Morgan fingerprint density at radius 2 is 1.77 bits per heavy atom. The second-order valence-corrected chi connectivity index (χ2v) is 11.5. The van der Waals surface area contributed by atoms with Crippen LogP contribution in [-0.4, -0.2) is 52.0 Å². The van der Waals surface area contributed by atoms with Crippen LogP contribution in [0.2, 0.25) is 0 Å². The maximum absolute atomic E-state index is 12.1. The molecule has 2 aromatic carbocycles. The molecule has 0 amide bonds. The summed E-state index contributed by atoms with van der Waals surface area (Å²) in [5.74, 6) is 0. The summed E-state index contributed by atoms with van der Waals surface area (Å²) >= 11 is 0. The minimum Gasteiger partial charge on any atom is -0.299 e. The summed E-state index contributed by atoms with van der Waals surface area (Å²) in [5, 5.41) is 8.51. The fourth-order valence-electron chi connectivity index (χ4n) is 5.19. The molecule has 1 aliphatic rings. The molecule has 4 heterocycles. The van der Waals surface area contributed by atoms with Gasteiger partial charge in [0, 0.05) is 53.8 Å². The summed E-state index contributed by atoms with van der Waals surface area (Å²) in [6.07, 6.45) is 3.22. The number of sulfonamides is 1. The van der Waals surface area contributed by atoms with Crippen molar-refractivity contribution in [3.63, 3.8) is 0 Å². The van der Waals surface area contributed by atoms with Gasteiger partial charge in [-0.2, -0.15) is 5.10 Å². The molecule has 0 spiro atoms. The maximum Gasteiger partial charge on any atom is 0.347 e. The van der Waals surface area contributed by atoms with Crippen molar-refractivity contribution in [2.75, 3.05) is 13.1 Å². The minimum absolute atomic E-state index is 0.0525. The van der Waals surface area contributed by atoms with E-state index in [1.807, 2.05) is 24.3 Å². The van der Waals surface area contributed by atoms with Crippen molar-refractivity contribution >= 4 is 26.6 Å². The van der Waals surface area contributed by atoms with E-state index in [1.165, 1.54) is 9.96 Å². The van der Waals surface area contributed by atoms with Gasteiger partial charge < -0.3 is 0 Å². The number of H-pyrrole nitrogens is 1. The first-order valence-electron chi connectivity index (χ1n) is 12.8. The minimum atomic E-state index is -3.40. The average Bonchev–Trinajstić information content (AvgIpc) is 3.35. The zero-order valence-corrected chi connectivity index (χ0v) is 22.1. The van der Waals surface area contributed by atoms with E-state index in [0.717, 1.165) is 71.2 Å². The zero-order chi connectivity index (χ0) is 27.0. The van der Waals surface area contributed by atoms with E-state index in [1.54, 1.807) is 6.20 Å². The average molecular weight is 541 g/mol. The highest BCUT2D eigenvalue weighted by atomic mass is 32.2. The van der Waals surface area contributed by atoms with Gasteiger partial charge in [-0.25, -0.2) is 32.4 Å². The zero-order valence-electron chi connectivity index (χ0n) is 21.2. The highest BCUT2D eigenvalue weighted by molar-refractivity contribution is 7.92. The molecule has 6 rings (SSSR count). The van der Waals surface area contributed by atoms with Crippen molar-refractivity contribution < 1.29 is 8.42 Å². The Balaban J connectivity index is 1.28. The molecule has 1 aliphatic heterocycles. The molecule has 0 saturated carbocycles. The molecule has 2 N–H and O–H groups in total. The fraction of sp³-hybridized carbons (Fsp3) is 0.207. The Bertz CT molecular complexity index is 1820. The van der Waals surface area contributed by atoms with Crippen LogP contribution in [0.25, 0.3) is 38.9 Å². The summed E-state index contributed by atoms with van der Waals surface area (Å²) in [4.78, 5) is 19.5. The van der Waals surface area contributed by atoms with Gasteiger partial charge in [-0.15, -0.1) is 0 Å². The van der Waals surface area contributed by atoms with E-state index in [9.17, 15) is 13.2 Å². The van der Waals surface area contributed by atoms with Crippen molar-refractivity contribution in [1.29, 1.82) is 0 Å². The molecule has 0 radical (unpaired) electrons. The summed E-state index contributed by atoms with van der Waals surface area (Å²) in [5.41, 5.74) is 6.05. The lowest BCUT2D eigenvalue weighted by atomic mass is 9.97. The standard InChI is InChI=1S/C29H28N6O3S/c1-2-39(37,38)33-23-12-15-34(16-13-23)19-20-8-10-22(11-9-20)27-24(21-6-4-3-5-7-21)18-25-26(30-27)14-17-35-28(25)31-32-29(35)36/h2-11,14,17-18,23,33H,1,12-13,15-16,19H2,(H,32,36). The van der Waals surface area contributed by atoms with Crippen LogP contribution in [0.5, 0.6) is 0 Å². The van der Waals surface area contributed by atoms with Crippen molar-refractivity contribution in [3.8, 4) is 22.4 Å². The highest BCUT2D eigenvalue weighted by Gasteiger charge is 2.22. The molecule has 5 aromatic rings. The molecule has 10 heteroatoms. The van der Waals surface area contributed by atoms with Crippen LogP contribution >= 0.6 is 0 Å². The van der Waals surface area contributed by atoms with Gasteiger partial charge >= 0.3 is 5.69 Å². The van der Waals surface area contributed by atoms with Crippen molar-refractivity contribution in [1.82, 2.24) is 29.2 Å². The molecule has 1 saturated heterocycles. The van der Waals surface area contributed by atoms with E-state index in [0.29, 0.717) is 5.65 Å². The number of likely N-dealkylation sites (tertiary alicyclic amines) is 1. The van der Waals surface area contributed by atoms with E-state index in [2.05, 4.69) is 68.9 Å². The Kier molecular flexibility index (Phi) is 6.59. The normalized spacial score (nSPS) is 15.2. The number of pyridine rings is 2. The smallest absolute Gasteiger partial charge is 0.299 e. The Morgan fingerprint density at radius 3 is 2.49 bits per heavy atom. The van der Waals surface area contributed by atoms with E-state index < -0.39 is 10.0 Å². The van der Waals surface area contributed by atoms with Gasteiger partial charge in [-0.3, -0.25) is 4.90 Å². The number of nitrogens with one attached hydrogen (secondary N) is 2. The summed E-state index contributed by atoms with van der Waals surface area (Å²) in [6, 6.07) is 22.4. The predicted octanol–water partition coefficient (Wildman–Crippen LogP) is 3.93. The molecule has 3 aromatic heterocycles. The van der Waals surface area contributed by atoms with Crippen LogP contribution in [0.3, 0.4) is 0 Å². The number of hydrogen-bond donors (Lipinski definition) is 2. The van der Waals surface area contributed by atoms with Crippen LogP contribution in [0.1, 0.15) is 18.4 Å². The van der Waals surface area contributed by atoms with Gasteiger partial charge in [0.1, 0.15) is 0 Å². The maximum atomic E-state index is 12.1. The van der Waals surface area contributed by atoms with Crippen LogP contribution in [-0.2, 0) is 16.6 Å². The Labute approximate surface area is 225 Å². The molecule has 0 aliphatic carbocycles. The van der Waals surface area contributed by atoms with E-state index in [-0.39, 0.29) is 11.7 Å². The molecule has 1 fully saturated rings. The van der Waals surface area contributed by atoms with Gasteiger partial charge in [0.25, 0.3) is 0 Å². The second kappa shape index (κ2) is 10.2. The molecule has 9 nitrogen and oxygen atoms in total. The summed E-state index contributed by atoms with van der Waals surface area (Å²) in [7, 11) is -3.40. The molecular weight excluding hydrogens is 512 g/mol. The lowest BCUT2D eigenvalue weighted by molar-refractivity contribution is 0.200. The summed E-state index contributed by atoms with van der Waals surface area (Å²) in [6.45, 7) is 5.80. The molecular formula is C29H28N6O3S. The molecule has 0 unspecified atom stereocenters. The predicted molar refractivity (Wildman–Crippen MR) is 153 cm³/mol. The van der Waals surface area contributed by atoms with Crippen molar-refractivity contribution in [2.45, 2.75) is 25.4 Å². The number of aromatic amines is 1. The quantitative estimate of drug-likeness (QED) is 0.324. The first-order valence-corrected chi connectivity index (χ1v) is 14.4. The number of fused-ring (bicyclic) bond motifs is 3. The van der Waals surface area contributed by atoms with Crippen LogP contribution in [0, 0.1) is 0 Å². The number of nitrogens with zero attached hydrogens (tertiary/aromatic N) is 4. The van der Waals surface area contributed by atoms with Gasteiger partial charge in [0.15, 0.2) is 5.65 Å². The lowest BCUT2D eigenvalue weighted by Crippen LogP contribution is -2.43. The number of aromatic nitrogens is 4. The van der Waals surface area contributed by atoms with Gasteiger partial charge in [-0.1, -0.05) is 61.2 Å². The Morgan fingerprint density at radius 1 is 1.03 bits per heavy atom. The molecule has 0 atom stereocenters. The lowest BCUT2D eigenvalue weighted by Gasteiger charge is -2.32. The third kappa shape index (κ3) is 5.14. The largest absolute Gasteiger partial charge is 0.347 e. The number of benzene rings is 2. The van der Waals surface area contributed by atoms with Gasteiger partial charge in [0.2, 0.25) is 10.0 Å². The van der Waals surface area contributed by atoms with Crippen LogP contribution in [0.4, 0.5) is 0 Å². The van der Waals surface area contributed by atoms with E-state index in [4.69, 9.17) is 4.98 Å². The third-order valence-electron chi connectivity index (χ3n) is 7.24. The monoisotopic (exact) mass is 540 g/mol. The number of hydrogen-bond acceptors (Lipinski definition) is 6. The second-order valence-electron chi connectivity index (χ2n) is 9.80. The fourth-order valence-corrected chi connectivity index (χ4v) is 5.98. The van der Waals surface area contributed by atoms with E-state index >= 15 is 0 Å². The third-order valence-corrected chi connectivity index (χ3v) is 8.34. The molecule has 0 bridgehead atoms. The van der Waals surface area contributed by atoms with Gasteiger partial charge in [-0.05, 0) is 36.1 Å². The molecule has 198 valence electrons. The molecule has 39 heavy (non-hydrogen) atoms. The highest BCUT2D eigenvalue weighted by Crippen LogP contribution is 2.34. The Hall–Kier alpha value is -4.12. The first-order chi connectivity index (χ1) is 18.9. The number of rotatable bonds is 7. The first kappa shape index (κ1) is 25.2. The topological polar surface area (TPSA) is 112 Å². The SMILES string of the molecule is C=CS(=O)(=O)NC1CCN(Cc2ccc(-c3nc4ccn5c(=O)[nH]nc5c4cc3-c3ccccc3)cc2)CC1. The summed E-state index contributed by atoms with van der Waals surface area (Å²) < 4.78 is 27.7. The van der Waals surface area contributed by atoms with Crippen LogP contribution in [0.15, 0.2) is 89.7 Å².